The van der Waals surface area contributed by atoms with Crippen molar-refractivity contribution < 1.29 is 9.59 Å². The van der Waals surface area contributed by atoms with Crippen molar-refractivity contribution in [2.75, 3.05) is 7.05 Å². The molecule has 3 aromatic rings. The molecule has 32 heavy (non-hydrogen) atoms. The molecule has 0 saturated heterocycles. The first-order valence-electron chi connectivity index (χ1n) is 10.7. The van der Waals surface area contributed by atoms with E-state index in [4.69, 9.17) is 0 Å². The maximum absolute atomic E-state index is 13.6. The smallest absolute Gasteiger partial charge is 0.242 e. The molecule has 1 atom stereocenters. The van der Waals surface area contributed by atoms with E-state index in [0.717, 1.165) is 32.3 Å². The molecule has 3 aromatic carbocycles. The average Bonchev–Trinajstić information content (AvgIpc) is 2.80. The van der Waals surface area contributed by atoms with Crippen LogP contribution in [0.25, 0.3) is 0 Å². The molecule has 0 aromatic heterocycles. The molecule has 0 heterocycles. The number of likely N-dealkylation sites (N-methyl/N-ethyl adjacent to an activating group) is 1. The van der Waals surface area contributed by atoms with Crippen LogP contribution in [0.2, 0.25) is 0 Å². The molecule has 4 nitrogen and oxygen atoms in total. The van der Waals surface area contributed by atoms with Crippen LogP contribution in [0.3, 0.4) is 0 Å². The van der Waals surface area contributed by atoms with Gasteiger partial charge in [0.05, 0.1) is 6.42 Å². The summed E-state index contributed by atoms with van der Waals surface area (Å²) in [5.74, 6) is -0.230. The van der Waals surface area contributed by atoms with Crippen molar-refractivity contribution in [2.24, 2.45) is 0 Å². The summed E-state index contributed by atoms with van der Waals surface area (Å²) in [6, 6.07) is 23.2. The van der Waals surface area contributed by atoms with Gasteiger partial charge in [0.15, 0.2) is 0 Å². The summed E-state index contributed by atoms with van der Waals surface area (Å²) in [7, 11) is 1.62. The van der Waals surface area contributed by atoms with E-state index in [0.29, 0.717) is 13.0 Å². The Hall–Kier alpha value is -2.92. The van der Waals surface area contributed by atoms with Crippen LogP contribution in [-0.2, 0) is 29.0 Å². The number of halogens is 1. The quantitative estimate of drug-likeness (QED) is 0.481. The van der Waals surface area contributed by atoms with E-state index >= 15 is 0 Å². The fourth-order valence-corrected chi connectivity index (χ4v) is 4.03. The molecule has 0 unspecified atom stereocenters. The van der Waals surface area contributed by atoms with Crippen LogP contribution in [0.5, 0.6) is 0 Å². The summed E-state index contributed by atoms with van der Waals surface area (Å²) in [6.45, 7) is 4.40. The Balaban J connectivity index is 1.96. The topological polar surface area (TPSA) is 49.4 Å². The molecule has 5 heteroatoms. The third kappa shape index (κ3) is 6.30. The first-order valence-corrected chi connectivity index (χ1v) is 11.5. The lowest BCUT2D eigenvalue weighted by Gasteiger charge is -2.31. The number of nitrogens with zero attached hydrogens (tertiary/aromatic N) is 1. The van der Waals surface area contributed by atoms with Crippen molar-refractivity contribution in [3.05, 3.63) is 105 Å². The second-order valence-corrected chi connectivity index (χ2v) is 8.99. The lowest BCUT2D eigenvalue weighted by molar-refractivity contribution is -0.140. The highest BCUT2D eigenvalue weighted by Gasteiger charge is 2.30. The van der Waals surface area contributed by atoms with Gasteiger partial charge in [0, 0.05) is 24.5 Å². The van der Waals surface area contributed by atoms with Crippen LogP contribution in [0.4, 0.5) is 0 Å². The number of hydrogen-bond donors (Lipinski definition) is 1. The Morgan fingerprint density at radius 3 is 2.28 bits per heavy atom. The number of aryl methyl sites for hydroxylation is 2. The van der Waals surface area contributed by atoms with Gasteiger partial charge in [0.2, 0.25) is 11.8 Å². The van der Waals surface area contributed by atoms with Gasteiger partial charge >= 0.3 is 0 Å². The minimum absolute atomic E-state index is 0.0638. The molecular weight excluding hydrogens is 464 g/mol. The van der Waals surface area contributed by atoms with Gasteiger partial charge in [-0.25, -0.2) is 0 Å². The fraction of sp³-hybridized carbons (Fsp3) is 0.259. The van der Waals surface area contributed by atoms with E-state index < -0.39 is 6.04 Å². The first kappa shape index (κ1) is 23.7. The van der Waals surface area contributed by atoms with Crippen LogP contribution < -0.4 is 5.32 Å². The van der Waals surface area contributed by atoms with Crippen LogP contribution in [0.1, 0.15) is 27.8 Å². The van der Waals surface area contributed by atoms with Gasteiger partial charge in [-0.15, -0.1) is 0 Å². The van der Waals surface area contributed by atoms with E-state index in [1.54, 1.807) is 11.9 Å². The van der Waals surface area contributed by atoms with E-state index in [1.165, 1.54) is 0 Å². The van der Waals surface area contributed by atoms with Gasteiger partial charge < -0.3 is 10.2 Å². The molecule has 0 aliphatic carbocycles. The highest BCUT2D eigenvalue weighted by atomic mass is 79.9. The molecule has 0 bridgehead atoms. The third-order valence-electron chi connectivity index (χ3n) is 5.63. The van der Waals surface area contributed by atoms with Gasteiger partial charge in [0.25, 0.3) is 0 Å². The number of benzene rings is 3. The average molecular weight is 493 g/mol. The van der Waals surface area contributed by atoms with Crippen LogP contribution in [0.15, 0.2) is 77.3 Å². The highest BCUT2D eigenvalue weighted by molar-refractivity contribution is 9.10. The Bertz CT molecular complexity index is 1060. The van der Waals surface area contributed by atoms with E-state index in [1.807, 2.05) is 80.6 Å². The van der Waals surface area contributed by atoms with Crippen LogP contribution in [0, 0.1) is 13.8 Å². The van der Waals surface area contributed by atoms with Crippen molar-refractivity contribution in [2.45, 2.75) is 39.3 Å². The van der Waals surface area contributed by atoms with Gasteiger partial charge in [0.1, 0.15) is 6.04 Å². The highest BCUT2D eigenvalue weighted by Crippen LogP contribution is 2.19. The lowest BCUT2D eigenvalue weighted by atomic mass is 9.99. The fourth-order valence-electron chi connectivity index (χ4n) is 3.76. The van der Waals surface area contributed by atoms with E-state index in [-0.39, 0.29) is 18.2 Å². The SMILES string of the molecule is CNC(=O)[C@@H](Cc1ccccc1)N(Cc1ccc(Br)cc1)C(=O)Cc1cc(C)ccc1C. The minimum atomic E-state index is -0.608. The molecule has 3 rings (SSSR count). The molecule has 0 aliphatic rings. The molecule has 0 radical (unpaired) electrons. The van der Waals surface area contributed by atoms with Crippen molar-refractivity contribution in [1.29, 1.82) is 0 Å². The second-order valence-electron chi connectivity index (χ2n) is 8.07. The number of rotatable bonds is 8. The zero-order chi connectivity index (χ0) is 23.1. The molecule has 0 aliphatic heterocycles. The molecule has 0 saturated carbocycles. The first-order chi connectivity index (χ1) is 15.4. The summed E-state index contributed by atoms with van der Waals surface area (Å²) >= 11 is 3.46. The predicted octanol–water partition coefficient (Wildman–Crippen LogP) is 4.99. The van der Waals surface area contributed by atoms with Crippen molar-refractivity contribution in [3.63, 3.8) is 0 Å². The van der Waals surface area contributed by atoms with Gasteiger partial charge in [-0.2, -0.15) is 0 Å². The molecule has 2 amide bonds. The van der Waals surface area contributed by atoms with Gasteiger partial charge in [-0.1, -0.05) is 82.2 Å². The number of amides is 2. The van der Waals surface area contributed by atoms with Crippen molar-refractivity contribution in [1.82, 2.24) is 10.2 Å². The molecular formula is C27H29BrN2O2. The van der Waals surface area contributed by atoms with E-state index in [9.17, 15) is 9.59 Å². The van der Waals surface area contributed by atoms with Crippen LogP contribution >= 0.6 is 15.9 Å². The molecule has 0 spiro atoms. The van der Waals surface area contributed by atoms with Crippen molar-refractivity contribution >= 4 is 27.7 Å². The number of carbonyl (C=O) groups excluding carboxylic acids is 2. The number of carbonyl (C=O) groups is 2. The molecule has 0 fully saturated rings. The zero-order valence-electron chi connectivity index (χ0n) is 18.8. The summed E-state index contributed by atoms with van der Waals surface area (Å²) < 4.78 is 0.974. The Labute approximate surface area is 198 Å². The second kappa shape index (κ2) is 11.1. The summed E-state index contributed by atoms with van der Waals surface area (Å²) in [5, 5.41) is 2.76. The number of hydrogen-bond acceptors (Lipinski definition) is 2. The largest absolute Gasteiger partial charge is 0.357 e. The minimum Gasteiger partial charge on any atom is -0.357 e. The lowest BCUT2D eigenvalue weighted by Crippen LogP contribution is -2.50. The van der Waals surface area contributed by atoms with E-state index in [2.05, 4.69) is 27.3 Å². The Morgan fingerprint density at radius 1 is 0.938 bits per heavy atom. The number of nitrogens with one attached hydrogen (secondary N) is 1. The summed E-state index contributed by atoms with van der Waals surface area (Å²) in [6.07, 6.45) is 0.710. The molecule has 166 valence electrons. The maximum Gasteiger partial charge on any atom is 0.242 e. The Kier molecular flexibility index (Phi) is 8.23. The normalized spacial score (nSPS) is 11.6. The van der Waals surface area contributed by atoms with Crippen LogP contribution in [-0.4, -0.2) is 29.8 Å². The van der Waals surface area contributed by atoms with Crippen molar-refractivity contribution in [3.8, 4) is 0 Å². The van der Waals surface area contributed by atoms with Gasteiger partial charge in [-0.05, 0) is 48.2 Å². The predicted molar refractivity (Wildman–Crippen MR) is 132 cm³/mol. The standard InChI is InChI=1S/C27H29BrN2O2/c1-19-9-10-20(2)23(15-19)17-26(31)30(18-22-11-13-24(28)14-12-22)25(27(32)29-3)16-21-7-5-4-6-8-21/h4-15,25H,16-18H2,1-3H3,(H,29,32)/t25-/m1/s1. The molecule has 1 N–H and O–H groups in total. The summed E-state index contributed by atoms with van der Waals surface area (Å²) in [5.41, 5.74) is 5.18. The monoisotopic (exact) mass is 492 g/mol. The maximum atomic E-state index is 13.6. The Morgan fingerprint density at radius 2 is 1.62 bits per heavy atom. The summed E-state index contributed by atoms with van der Waals surface area (Å²) in [4.78, 5) is 28.3. The third-order valence-corrected chi connectivity index (χ3v) is 6.16. The zero-order valence-corrected chi connectivity index (χ0v) is 20.4. The van der Waals surface area contributed by atoms with Gasteiger partial charge in [-0.3, -0.25) is 9.59 Å².